The number of rotatable bonds is 6. The fourth-order valence-electron chi connectivity index (χ4n) is 1.60. The molecular weight excluding hydrogens is 288 g/mol. The van der Waals surface area contributed by atoms with E-state index < -0.39 is 16.9 Å². The molecule has 1 aromatic rings. The Kier molecular flexibility index (Phi) is 7.56. The second kappa shape index (κ2) is 8.34. The molecule has 7 nitrogen and oxygen atoms in total. The highest BCUT2D eigenvalue weighted by Crippen LogP contribution is 2.30. The lowest BCUT2D eigenvalue weighted by atomic mass is 10.0. The van der Waals surface area contributed by atoms with Gasteiger partial charge in [0.15, 0.2) is 5.75 Å². The van der Waals surface area contributed by atoms with E-state index in [0.29, 0.717) is 5.56 Å². The monoisotopic (exact) mass is 304 g/mol. The van der Waals surface area contributed by atoms with E-state index in [9.17, 15) is 14.9 Å². The summed E-state index contributed by atoms with van der Waals surface area (Å²) >= 11 is 0. The number of hydrogen-bond donors (Lipinski definition) is 1. The molecular formula is C12H17ClN2O5. The number of carbonyl (C=O) groups is 1. The van der Waals surface area contributed by atoms with Gasteiger partial charge in [0.05, 0.1) is 25.1 Å². The SMILES string of the molecule is CCOC(=O)C[C@@H](N)c1ccc(OC)c([N+](=O)[O-])c1.Cl. The van der Waals surface area contributed by atoms with E-state index in [2.05, 4.69) is 0 Å². The van der Waals surface area contributed by atoms with Crippen molar-refractivity contribution in [3.05, 3.63) is 33.9 Å². The Morgan fingerprint density at radius 1 is 1.50 bits per heavy atom. The zero-order valence-electron chi connectivity index (χ0n) is 11.2. The lowest BCUT2D eigenvalue weighted by Crippen LogP contribution is -2.17. The van der Waals surface area contributed by atoms with Crippen LogP contribution in [0.15, 0.2) is 18.2 Å². The van der Waals surface area contributed by atoms with E-state index in [0.717, 1.165) is 0 Å². The third-order valence-corrected chi connectivity index (χ3v) is 2.52. The molecule has 0 aromatic heterocycles. The molecule has 0 aliphatic heterocycles. The van der Waals surface area contributed by atoms with Crippen LogP contribution in [0, 0.1) is 10.1 Å². The second-order valence-corrected chi connectivity index (χ2v) is 3.80. The van der Waals surface area contributed by atoms with Gasteiger partial charge in [0.2, 0.25) is 0 Å². The van der Waals surface area contributed by atoms with Gasteiger partial charge in [-0.1, -0.05) is 6.07 Å². The van der Waals surface area contributed by atoms with Crippen molar-refractivity contribution in [1.29, 1.82) is 0 Å². The van der Waals surface area contributed by atoms with Gasteiger partial charge in [-0.05, 0) is 18.6 Å². The molecule has 0 unspecified atom stereocenters. The Balaban J connectivity index is 0.00000361. The van der Waals surface area contributed by atoms with Crippen LogP contribution < -0.4 is 10.5 Å². The maximum atomic E-state index is 11.3. The van der Waals surface area contributed by atoms with Crippen molar-refractivity contribution < 1.29 is 19.2 Å². The molecule has 8 heteroatoms. The van der Waals surface area contributed by atoms with Crippen LogP contribution in [0.25, 0.3) is 0 Å². The van der Waals surface area contributed by atoms with Gasteiger partial charge in [-0.3, -0.25) is 14.9 Å². The van der Waals surface area contributed by atoms with E-state index in [1.165, 1.54) is 19.2 Å². The molecule has 1 atom stereocenters. The molecule has 20 heavy (non-hydrogen) atoms. The highest BCUT2D eigenvalue weighted by atomic mass is 35.5. The van der Waals surface area contributed by atoms with Crippen molar-refractivity contribution in [2.75, 3.05) is 13.7 Å². The molecule has 0 bridgehead atoms. The number of hydrogen-bond acceptors (Lipinski definition) is 6. The topological polar surface area (TPSA) is 105 Å². The van der Waals surface area contributed by atoms with Crippen LogP contribution in [0.1, 0.15) is 24.9 Å². The Morgan fingerprint density at radius 3 is 2.65 bits per heavy atom. The number of nitrogens with zero attached hydrogens (tertiary/aromatic N) is 1. The number of esters is 1. The molecule has 112 valence electrons. The Morgan fingerprint density at radius 2 is 2.15 bits per heavy atom. The first-order valence-corrected chi connectivity index (χ1v) is 5.73. The first-order chi connectivity index (χ1) is 8.99. The van der Waals surface area contributed by atoms with Gasteiger partial charge in [-0.25, -0.2) is 0 Å². The summed E-state index contributed by atoms with van der Waals surface area (Å²) in [6, 6.07) is 3.71. The standard InChI is InChI=1S/C12H16N2O5.ClH/c1-3-19-12(15)7-9(13)8-4-5-11(18-2)10(6-8)14(16)17;/h4-6,9H,3,7,13H2,1-2H3;1H/t9-;/m1./s1. The van der Waals surface area contributed by atoms with Gasteiger partial charge >= 0.3 is 11.7 Å². The summed E-state index contributed by atoms with van der Waals surface area (Å²) in [7, 11) is 1.35. The van der Waals surface area contributed by atoms with Crippen molar-refractivity contribution in [2.45, 2.75) is 19.4 Å². The van der Waals surface area contributed by atoms with Crippen LogP contribution in [-0.2, 0) is 9.53 Å². The smallest absolute Gasteiger partial charge is 0.311 e. The molecule has 0 aliphatic rings. The molecule has 0 aliphatic carbocycles. The molecule has 0 fully saturated rings. The van der Waals surface area contributed by atoms with Gasteiger partial charge in [0.25, 0.3) is 0 Å². The fraction of sp³-hybridized carbons (Fsp3) is 0.417. The minimum atomic E-state index is -0.649. The van der Waals surface area contributed by atoms with Gasteiger partial charge < -0.3 is 15.2 Å². The molecule has 1 aromatic carbocycles. The number of nitro groups is 1. The van der Waals surface area contributed by atoms with Crippen molar-refractivity contribution in [2.24, 2.45) is 5.73 Å². The average molecular weight is 305 g/mol. The molecule has 0 saturated heterocycles. The number of ether oxygens (including phenoxy) is 2. The number of benzene rings is 1. The highest BCUT2D eigenvalue weighted by Gasteiger charge is 2.19. The third kappa shape index (κ3) is 4.67. The summed E-state index contributed by atoms with van der Waals surface area (Å²) in [5.41, 5.74) is 6.13. The van der Waals surface area contributed by atoms with Crippen LogP contribution in [0.4, 0.5) is 5.69 Å². The van der Waals surface area contributed by atoms with E-state index in [4.69, 9.17) is 15.2 Å². The molecule has 0 saturated carbocycles. The second-order valence-electron chi connectivity index (χ2n) is 3.80. The van der Waals surface area contributed by atoms with E-state index in [-0.39, 0.29) is 36.9 Å². The summed E-state index contributed by atoms with van der Waals surface area (Å²) < 4.78 is 9.67. The Labute approximate surface area is 122 Å². The van der Waals surface area contributed by atoms with E-state index in [1.54, 1.807) is 13.0 Å². The molecule has 2 N–H and O–H groups in total. The van der Waals surface area contributed by atoms with Gasteiger partial charge in [-0.2, -0.15) is 0 Å². The summed E-state index contributed by atoms with van der Waals surface area (Å²) in [6.45, 7) is 1.97. The average Bonchev–Trinajstić information content (AvgIpc) is 2.37. The molecule has 1 rings (SSSR count). The predicted molar refractivity (Wildman–Crippen MR) is 75.1 cm³/mol. The fourth-order valence-corrected chi connectivity index (χ4v) is 1.60. The maximum Gasteiger partial charge on any atom is 0.311 e. The first-order valence-electron chi connectivity index (χ1n) is 5.73. The summed E-state index contributed by atoms with van der Waals surface area (Å²) in [5.74, 6) is -0.287. The zero-order chi connectivity index (χ0) is 14.4. The largest absolute Gasteiger partial charge is 0.490 e. The van der Waals surface area contributed by atoms with Crippen LogP contribution in [-0.4, -0.2) is 24.6 Å². The molecule has 0 amide bonds. The van der Waals surface area contributed by atoms with Crippen LogP contribution in [0.5, 0.6) is 5.75 Å². The Hall–Kier alpha value is -1.86. The molecule has 0 radical (unpaired) electrons. The minimum Gasteiger partial charge on any atom is -0.490 e. The van der Waals surface area contributed by atoms with E-state index in [1.807, 2.05) is 0 Å². The quantitative estimate of drug-likeness (QED) is 0.489. The summed E-state index contributed by atoms with van der Waals surface area (Å²) in [4.78, 5) is 21.6. The number of halogens is 1. The lowest BCUT2D eigenvalue weighted by Gasteiger charge is -2.12. The number of nitro benzene ring substituents is 1. The van der Waals surface area contributed by atoms with Crippen molar-refractivity contribution in [3.63, 3.8) is 0 Å². The Bertz CT molecular complexity index is 481. The predicted octanol–water partition coefficient (Wildman–Crippen LogP) is 1.98. The normalized spacial score (nSPS) is 11.2. The summed E-state index contributed by atoms with van der Waals surface area (Å²) in [6.07, 6.45) is -0.0304. The summed E-state index contributed by atoms with van der Waals surface area (Å²) in [5, 5.41) is 10.9. The van der Waals surface area contributed by atoms with Gasteiger partial charge in [-0.15, -0.1) is 12.4 Å². The van der Waals surface area contributed by atoms with Gasteiger partial charge in [0.1, 0.15) is 0 Å². The van der Waals surface area contributed by atoms with Crippen molar-refractivity contribution >= 4 is 24.1 Å². The van der Waals surface area contributed by atoms with Gasteiger partial charge in [0, 0.05) is 12.1 Å². The van der Waals surface area contributed by atoms with Crippen molar-refractivity contribution in [3.8, 4) is 5.75 Å². The lowest BCUT2D eigenvalue weighted by molar-refractivity contribution is -0.385. The van der Waals surface area contributed by atoms with Crippen LogP contribution in [0.2, 0.25) is 0 Å². The number of methoxy groups -OCH3 is 1. The van der Waals surface area contributed by atoms with Crippen LogP contribution >= 0.6 is 12.4 Å². The zero-order valence-corrected chi connectivity index (χ0v) is 12.0. The minimum absolute atomic E-state index is 0. The highest BCUT2D eigenvalue weighted by molar-refractivity contribution is 5.85. The van der Waals surface area contributed by atoms with Crippen molar-refractivity contribution in [1.82, 2.24) is 0 Å². The maximum absolute atomic E-state index is 11.3. The van der Waals surface area contributed by atoms with Crippen LogP contribution in [0.3, 0.4) is 0 Å². The first kappa shape index (κ1) is 18.1. The number of nitrogens with two attached hydrogens (primary N) is 1. The van der Waals surface area contributed by atoms with E-state index >= 15 is 0 Å². The molecule has 0 spiro atoms. The molecule has 0 heterocycles. The third-order valence-electron chi connectivity index (χ3n) is 2.52. The number of carbonyl (C=O) groups excluding carboxylic acids is 1.